The summed E-state index contributed by atoms with van der Waals surface area (Å²) in [7, 11) is 1.51. The van der Waals surface area contributed by atoms with Crippen LogP contribution in [-0.4, -0.2) is 34.8 Å². The van der Waals surface area contributed by atoms with Crippen molar-refractivity contribution in [1.82, 2.24) is 15.1 Å². The molecule has 0 spiro atoms. The molecule has 0 aromatic carbocycles. The molecule has 0 radical (unpaired) electrons. The first-order valence-electron chi connectivity index (χ1n) is 7.44. The van der Waals surface area contributed by atoms with Crippen LogP contribution in [0.4, 0.5) is 5.82 Å². The van der Waals surface area contributed by atoms with Gasteiger partial charge in [-0.2, -0.15) is 0 Å². The van der Waals surface area contributed by atoms with Crippen LogP contribution in [-0.2, 0) is 4.74 Å². The number of H-pyrrole nitrogens is 1. The van der Waals surface area contributed by atoms with Crippen LogP contribution in [0.25, 0.3) is 22.2 Å². The first-order chi connectivity index (χ1) is 11.5. The highest BCUT2D eigenvalue weighted by atomic mass is 16.5. The number of aromatic amines is 1. The second kappa shape index (κ2) is 5.88. The number of nitrogens with two attached hydrogens (primary N) is 1. The van der Waals surface area contributed by atoms with E-state index in [9.17, 15) is 4.79 Å². The molecule has 3 rings (SSSR count). The highest BCUT2D eigenvalue weighted by molar-refractivity contribution is 6.08. The highest BCUT2D eigenvalue weighted by Crippen LogP contribution is 2.37. The van der Waals surface area contributed by atoms with Crippen molar-refractivity contribution in [1.29, 1.82) is 0 Å². The summed E-state index contributed by atoms with van der Waals surface area (Å²) >= 11 is 0. The van der Waals surface area contributed by atoms with Crippen molar-refractivity contribution >= 4 is 22.8 Å². The predicted molar refractivity (Wildman–Crippen MR) is 88.0 cm³/mol. The fraction of sp³-hybridized carbons (Fsp3) is 0.312. The maximum atomic E-state index is 12.1. The minimum Gasteiger partial charge on any atom is -0.481 e. The standard InChI is InChI=1S/C16H18N4O4/c1-5-23-16(21)12-13-10(18-14(12)17)6-9(15(19-13)22-4)11-7(2)20-24-8(11)3/h6,18H,5,17H2,1-4H3. The Labute approximate surface area is 137 Å². The molecule has 0 unspecified atom stereocenters. The Kier molecular flexibility index (Phi) is 3.88. The van der Waals surface area contributed by atoms with Gasteiger partial charge in [0.05, 0.1) is 36.1 Å². The van der Waals surface area contributed by atoms with Crippen LogP contribution < -0.4 is 10.5 Å². The number of carbonyl (C=O) groups is 1. The van der Waals surface area contributed by atoms with Crippen LogP contribution in [0.1, 0.15) is 28.7 Å². The Hall–Kier alpha value is -3.03. The van der Waals surface area contributed by atoms with Crippen molar-refractivity contribution in [2.45, 2.75) is 20.8 Å². The van der Waals surface area contributed by atoms with Gasteiger partial charge in [-0.15, -0.1) is 0 Å². The van der Waals surface area contributed by atoms with E-state index in [2.05, 4.69) is 15.1 Å². The molecule has 24 heavy (non-hydrogen) atoms. The molecule has 8 nitrogen and oxygen atoms in total. The number of aromatic nitrogens is 3. The number of hydrogen-bond donors (Lipinski definition) is 2. The fourth-order valence-corrected chi connectivity index (χ4v) is 2.73. The van der Waals surface area contributed by atoms with Gasteiger partial charge in [0.25, 0.3) is 0 Å². The number of pyridine rings is 1. The van der Waals surface area contributed by atoms with E-state index in [-0.39, 0.29) is 18.0 Å². The number of carbonyl (C=O) groups excluding carboxylic acids is 1. The van der Waals surface area contributed by atoms with Gasteiger partial charge >= 0.3 is 5.97 Å². The molecule has 3 heterocycles. The normalized spacial score (nSPS) is 11.0. The van der Waals surface area contributed by atoms with Gasteiger partial charge in [-0.3, -0.25) is 0 Å². The lowest BCUT2D eigenvalue weighted by atomic mass is 10.0. The van der Waals surface area contributed by atoms with Crippen molar-refractivity contribution < 1.29 is 18.8 Å². The smallest absolute Gasteiger partial charge is 0.344 e. The molecule has 0 aliphatic rings. The van der Waals surface area contributed by atoms with Crippen LogP contribution in [0.3, 0.4) is 0 Å². The molecule has 0 saturated carbocycles. The number of fused-ring (bicyclic) bond motifs is 1. The lowest BCUT2D eigenvalue weighted by Gasteiger charge is -2.08. The fourth-order valence-electron chi connectivity index (χ4n) is 2.73. The summed E-state index contributed by atoms with van der Waals surface area (Å²) in [6.07, 6.45) is 0. The first kappa shape index (κ1) is 15.9. The largest absolute Gasteiger partial charge is 0.481 e. The number of ether oxygens (including phenoxy) is 2. The van der Waals surface area contributed by atoms with Gasteiger partial charge in [-0.1, -0.05) is 5.16 Å². The number of esters is 1. The quantitative estimate of drug-likeness (QED) is 0.706. The third-order valence-electron chi connectivity index (χ3n) is 3.74. The average molecular weight is 330 g/mol. The van der Waals surface area contributed by atoms with Gasteiger partial charge in [0.1, 0.15) is 22.7 Å². The zero-order chi connectivity index (χ0) is 17.4. The van der Waals surface area contributed by atoms with E-state index in [4.69, 9.17) is 19.7 Å². The SMILES string of the molecule is CCOC(=O)c1c(N)[nH]c2cc(-c3c(C)noc3C)c(OC)nc12. The molecule has 3 N–H and O–H groups in total. The zero-order valence-electron chi connectivity index (χ0n) is 13.9. The number of hydrogen-bond acceptors (Lipinski definition) is 7. The Balaban J connectivity index is 2.27. The number of nitrogen functional groups attached to an aromatic ring is 1. The van der Waals surface area contributed by atoms with Crippen molar-refractivity contribution in [2.75, 3.05) is 19.5 Å². The maximum absolute atomic E-state index is 12.1. The monoisotopic (exact) mass is 330 g/mol. The van der Waals surface area contributed by atoms with Crippen LogP contribution in [0, 0.1) is 13.8 Å². The Morgan fingerprint density at radius 2 is 2.17 bits per heavy atom. The van der Waals surface area contributed by atoms with Crippen molar-refractivity contribution in [3.8, 4) is 17.0 Å². The third-order valence-corrected chi connectivity index (χ3v) is 3.74. The van der Waals surface area contributed by atoms with Crippen LogP contribution in [0.15, 0.2) is 10.6 Å². The zero-order valence-corrected chi connectivity index (χ0v) is 13.9. The lowest BCUT2D eigenvalue weighted by Crippen LogP contribution is -2.07. The van der Waals surface area contributed by atoms with Crippen molar-refractivity contribution in [3.63, 3.8) is 0 Å². The van der Waals surface area contributed by atoms with Crippen molar-refractivity contribution in [2.24, 2.45) is 0 Å². The van der Waals surface area contributed by atoms with E-state index < -0.39 is 5.97 Å². The number of anilines is 1. The van der Waals surface area contributed by atoms with Gasteiger partial charge < -0.3 is 24.7 Å². The topological polar surface area (TPSA) is 116 Å². The second-order valence-electron chi connectivity index (χ2n) is 5.27. The van der Waals surface area contributed by atoms with E-state index in [1.54, 1.807) is 6.92 Å². The molecule has 0 aliphatic carbocycles. The summed E-state index contributed by atoms with van der Waals surface area (Å²) in [5, 5.41) is 3.96. The molecular formula is C16H18N4O4. The minimum atomic E-state index is -0.527. The highest BCUT2D eigenvalue weighted by Gasteiger charge is 2.24. The average Bonchev–Trinajstić information content (AvgIpc) is 3.04. The third kappa shape index (κ3) is 2.36. The summed E-state index contributed by atoms with van der Waals surface area (Å²) < 4.78 is 15.7. The molecule has 126 valence electrons. The molecule has 0 bridgehead atoms. The summed E-state index contributed by atoms with van der Waals surface area (Å²) in [5.74, 6) is 0.674. The van der Waals surface area contributed by atoms with E-state index in [1.165, 1.54) is 7.11 Å². The molecule has 3 aromatic rings. The van der Waals surface area contributed by atoms with Crippen LogP contribution >= 0.6 is 0 Å². The van der Waals surface area contributed by atoms with Crippen LogP contribution in [0.2, 0.25) is 0 Å². The minimum absolute atomic E-state index is 0.203. The Bertz CT molecular complexity index is 906. The number of rotatable bonds is 4. The van der Waals surface area contributed by atoms with Gasteiger partial charge in [0.2, 0.25) is 5.88 Å². The molecule has 0 saturated heterocycles. The first-order valence-corrected chi connectivity index (χ1v) is 7.44. The van der Waals surface area contributed by atoms with E-state index in [1.807, 2.05) is 19.9 Å². The maximum Gasteiger partial charge on any atom is 0.344 e. The van der Waals surface area contributed by atoms with Gasteiger partial charge in [0.15, 0.2) is 0 Å². The molecular weight excluding hydrogens is 312 g/mol. The lowest BCUT2D eigenvalue weighted by molar-refractivity contribution is 0.0530. The molecule has 0 amide bonds. The number of aryl methyl sites for hydroxylation is 2. The molecule has 0 atom stereocenters. The Morgan fingerprint density at radius 3 is 2.75 bits per heavy atom. The molecule has 8 heteroatoms. The summed E-state index contributed by atoms with van der Waals surface area (Å²) in [5.41, 5.74) is 9.37. The van der Waals surface area contributed by atoms with Crippen LogP contribution in [0.5, 0.6) is 5.88 Å². The summed E-state index contributed by atoms with van der Waals surface area (Å²) in [6, 6.07) is 1.81. The van der Waals surface area contributed by atoms with E-state index in [0.717, 1.165) is 11.3 Å². The van der Waals surface area contributed by atoms with E-state index >= 15 is 0 Å². The number of methoxy groups -OCH3 is 1. The van der Waals surface area contributed by atoms with Crippen molar-refractivity contribution in [3.05, 3.63) is 23.1 Å². The molecule has 3 aromatic heterocycles. The number of nitrogens with zero attached hydrogens (tertiary/aromatic N) is 2. The molecule has 0 fully saturated rings. The predicted octanol–water partition coefficient (Wildman–Crippen LogP) is 2.60. The number of nitrogens with one attached hydrogen (secondary N) is 1. The van der Waals surface area contributed by atoms with E-state index in [0.29, 0.717) is 28.2 Å². The van der Waals surface area contributed by atoms with Gasteiger partial charge in [0, 0.05) is 0 Å². The summed E-state index contributed by atoms with van der Waals surface area (Å²) in [6.45, 7) is 5.63. The Morgan fingerprint density at radius 1 is 1.42 bits per heavy atom. The van der Waals surface area contributed by atoms with Gasteiger partial charge in [-0.05, 0) is 26.8 Å². The second-order valence-corrected chi connectivity index (χ2v) is 5.27. The summed E-state index contributed by atoms with van der Waals surface area (Å²) in [4.78, 5) is 19.6. The van der Waals surface area contributed by atoms with Gasteiger partial charge in [-0.25, -0.2) is 9.78 Å². The molecule has 0 aliphatic heterocycles.